The summed E-state index contributed by atoms with van der Waals surface area (Å²) in [5.41, 5.74) is 0. The molecule has 66 valence electrons. The Morgan fingerprint density at radius 1 is 1.36 bits per heavy atom. The van der Waals surface area contributed by atoms with E-state index in [1.54, 1.807) is 0 Å². The Bertz CT molecular complexity index is 99.7. The molecule has 0 bridgehead atoms. The van der Waals surface area contributed by atoms with Crippen molar-refractivity contribution in [2.45, 2.75) is 39.0 Å². The first-order valence-electron chi connectivity index (χ1n) is 4.58. The number of halogens is 1. The molecule has 1 fully saturated rings. The lowest BCUT2D eigenvalue weighted by atomic mass is 9.82. The van der Waals surface area contributed by atoms with Crippen LogP contribution in [0.4, 0.5) is 0 Å². The third-order valence-electron chi connectivity index (χ3n) is 2.78. The minimum Gasteiger partial charge on any atom is -0.0614 e. The van der Waals surface area contributed by atoms with Gasteiger partial charge < -0.3 is 0 Å². The molecule has 0 amide bonds. The van der Waals surface area contributed by atoms with Gasteiger partial charge in [0.2, 0.25) is 0 Å². The second kappa shape index (κ2) is 5.31. The Labute approximate surface area is 78.6 Å². The molecule has 0 aliphatic heterocycles. The number of rotatable bonds is 3. The van der Waals surface area contributed by atoms with E-state index in [9.17, 15) is 0 Å². The van der Waals surface area contributed by atoms with Crippen molar-refractivity contribution in [3.8, 4) is 0 Å². The lowest BCUT2D eigenvalue weighted by Crippen LogP contribution is -2.16. The molecule has 0 radical (unpaired) electrons. The largest absolute Gasteiger partial charge is 0.0614 e. The molecule has 0 spiro atoms. The number of hydrogen-bond donors (Lipinski definition) is 0. The van der Waals surface area contributed by atoms with Crippen LogP contribution in [0, 0.1) is 11.8 Å². The topological polar surface area (TPSA) is 0 Å². The number of hydrogen-bond acceptors (Lipinski definition) is 1. The van der Waals surface area contributed by atoms with Crippen LogP contribution in [0.25, 0.3) is 0 Å². The first kappa shape index (κ1) is 9.73. The summed E-state index contributed by atoms with van der Waals surface area (Å²) in [6, 6.07) is 0. The molecule has 0 heterocycles. The highest BCUT2D eigenvalue weighted by Crippen LogP contribution is 2.31. The Hall–Kier alpha value is 0.640. The summed E-state index contributed by atoms with van der Waals surface area (Å²) in [6.07, 6.45) is 7.23. The summed E-state index contributed by atoms with van der Waals surface area (Å²) in [5.74, 6) is 2.93. The van der Waals surface area contributed by atoms with Gasteiger partial charge in [-0.2, -0.15) is 0 Å². The van der Waals surface area contributed by atoms with Crippen LogP contribution in [-0.4, -0.2) is 5.75 Å². The van der Waals surface area contributed by atoms with Crippen LogP contribution in [0.3, 0.4) is 0 Å². The van der Waals surface area contributed by atoms with Gasteiger partial charge in [-0.3, -0.25) is 0 Å². The van der Waals surface area contributed by atoms with Crippen LogP contribution in [-0.2, 0) is 0 Å². The van der Waals surface area contributed by atoms with E-state index in [0.29, 0.717) is 0 Å². The van der Waals surface area contributed by atoms with Crippen LogP contribution < -0.4 is 0 Å². The third-order valence-corrected chi connectivity index (χ3v) is 3.81. The van der Waals surface area contributed by atoms with Gasteiger partial charge in [-0.15, -0.1) is 0 Å². The monoisotopic (exact) mass is 192 g/mol. The van der Waals surface area contributed by atoms with Crippen molar-refractivity contribution in [3.63, 3.8) is 0 Å². The molecule has 1 saturated carbocycles. The molecule has 0 aromatic carbocycles. The molecule has 0 aromatic heterocycles. The highest BCUT2D eigenvalue weighted by molar-refractivity contribution is 8.21. The Kier molecular flexibility index (Phi) is 4.70. The standard InChI is InChI=1S/C9H17ClS/c1-8(7-11-10)9-5-3-2-4-6-9/h8-9H,2-7H2,1H3. The maximum Gasteiger partial charge on any atom is 0.0114 e. The van der Waals surface area contributed by atoms with Gasteiger partial charge >= 0.3 is 0 Å². The van der Waals surface area contributed by atoms with E-state index >= 15 is 0 Å². The van der Waals surface area contributed by atoms with Crippen molar-refractivity contribution < 1.29 is 0 Å². The van der Waals surface area contributed by atoms with Crippen LogP contribution in [0.5, 0.6) is 0 Å². The van der Waals surface area contributed by atoms with E-state index in [4.69, 9.17) is 10.7 Å². The van der Waals surface area contributed by atoms with Gasteiger partial charge in [0.05, 0.1) is 0 Å². The average molecular weight is 193 g/mol. The van der Waals surface area contributed by atoms with Crippen LogP contribution in [0.2, 0.25) is 0 Å². The highest BCUT2D eigenvalue weighted by Gasteiger charge is 2.19. The Balaban J connectivity index is 2.21. The molecule has 1 unspecified atom stereocenters. The lowest BCUT2D eigenvalue weighted by molar-refractivity contribution is 0.283. The molecule has 0 saturated heterocycles. The van der Waals surface area contributed by atoms with Crippen molar-refractivity contribution in [1.82, 2.24) is 0 Å². The summed E-state index contributed by atoms with van der Waals surface area (Å²) in [6.45, 7) is 2.34. The van der Waals surface area contributed by atoms with Gasteiger partial charge in [-0.05, 0) is 22.5 Å². The molecule has 1 atom stereocenters. The van der Waals surface area contributed by atoms with Gasteiger partial charge in [0.1, 0.15) is 0 Å². The van der Waals surface area contributed by atoms with Gasteiger partial charge in [0.15, 0.2) is 0 Å². The normalized spacial score (nSPS) is 23.5. The molecule has 11 heavy (non-hydrogen) atoms. The van der Waals surface area contributed by atoms with Crippen molar-refractivity contribution >= 4 is 21.7 Å². The first-order chi connectivity index (χ1) is 5.34. The van der Waals surface area contributed by atoms with Crippen molar-refractivity contribution in [2.75, 3.05) is 5.75 Å². The van der Waals surface area contributed by atoms with E-state index in [1.165, 1.54) is 43.1 Å². The van der Waals surface area contributed by atoms with E-state index < -0.39 is 0 Å². The first-order valence-corrected chi connectivity index (χ1v) is 6.39. The highest BCUT2D eigenvalue weighted by atomic mass is 35.7. The Morgan fingerprint density at radius 2 is 2.00 bits per heavy atom. The van der Waals surface area contributed by atoms with Gasteiger partial charge in [0.25, 0.3) is 0 Å². The Morgan fingerprint density at radius 3 is 2.55 bits per heavy atom. The summed E-state index contributed by atoms with van der Waals surface area (Å²) in [4.78, 5) is 0. The maximum atomic E-state index is 5.63. The van der Waals surface area contributed by atoms with Gasteiger partial charge in [0, 0.05) is 5.75 Å². The van der Waals surface area contributed by atoms with Crippen LogP contribution in [0.1, 0.15) is 39.0 Å². The quantitative estimate of drug-likeness (QED) is 0.649. The van der Waals surface area contributed by atoms with E-state index in [0.717, 1.165) is 17.6 Å². The molecule has 1 aliphatic rings. The van der Waals surface area contributed by atoms with Crippen molar-refractivity contribution in [3.05, 3.63) is 0 Å². The van der Waals surface area contributed by atoms with Crippen LogP contribution in [0.15, 0.2) is 0 Å². The minimum absolute atomic E-state index is 0.831. The molecule has 0 N–H and O–H groups in total. The molecule has 1 rings (SSSR count). The van der Waals surface area contributed by atoms with Crippen molar-refractivity contribution in [1.29, 1.82) is 0 Å². The fourth-order valence-corrected chi connectivity index (χ4v) is 3.01. The predicted octanol–water partition coefficient (Wildman–Crippen LogP) is 4.09. The smallest absolute Gasteiger partial charge is 0.0114 e. The summed E-state index contributed by atoms with van der Waals surface area (Å²) in [5, 5.41) is 0. The van der Waals surface area contributed by atoms with Gasteiger partial charge in [-0.25, -0.2) is 0 Å². The second-order valence-electron chi connectivity index (χ2n) is 3.65. The summed E-state index contributed by atoms with van der Waals surface area (Å²) >= 11 is 0. The second-order valence-corrected chi connectivity index (χ2v) is 4.86. The molecule has 1 aliphatic carbocycles. The maximum absolute atomic E-state index is 5.63. The average Bonchev–Trinajstić information content (AvgIpc) is 2.07. The zero-order valence-electron chi connectivity index (χ0n) is 7.18. The molecular formula is C9H17ClS. The summed E-state index contributed by atoms with van der Waals surface area (Å²) in [7, 11) is 7.11. The van der Waals surface area contributed by atoms with E-state index in [1.807, 2.05) is 0 Å². The van der Waals surface area contributed by atoms with E-state index in [-0.39, 0.29) is 0 Å². The van der Waals surface area contributed by atoms with Crippen molar-refractivity contribution in [2.24, 2.45) is 11.8 Å². The van der Waals surface area contributed by atoms with E-state index in [2.05, 4.69) is 6.92 Å². The van der Waals surface area contributed by atoms with Gasteiger partial charge in [-0.1, -0.05) is 50.0 Å². The third kappa shape index (κ3) is 3.25. The summed E-state index contributed by atoms with van der Waals surface area (Å²) < 4.78 is 0. The fraction of sp³-hybridized carbons (Fsp3) is 1.00. The molecule has 2 heteroatoms. The minimum atomic E-state index is 0.831. The predicted molar refractivity (Wildman–Crippen MR) is 54.1 cm³/mol. The molecule has 0 aromatic rings. The zero-order valence-corrected chi connectivity index (χ0v) is 8.76. The lowest BCUT2D eigenvalue weighted by Gasteiger charge is -2.26. The molecule has 0 nitrogen and oxygen atoms in total. The van der Waals surface area contributed by atoms with Crippen LogP contribution >= 0.6 is 21.7 Å². The SMILES string of the molecule is CC(CSCl)C1CCCCC1. The fourth-order valence-electron chi connectivity index (χ4n) is 1.94. The zero-order chi connectivity index (χ0) is 8.10. The molecular weight excluding hydrogens is 176 g/mol.